The molecule has 1 fully saturated rings. The van der Waals surface area contributed by atoms with E-state index in [4.69, 9.17) is 4.74 Å². The van der Waals surface area contributed by atoms with Crippen LogP contribution in [0.4, 0.5) is 18.2 Å². The number of hydrogen-bond acceptors (Lipinski definition) is 8. The van der Waals surface area contributed by atoms with E-state index in [1.54, 1.807) is 12.3 Å². The van der Waals surface area contributed by atoms with E-state index in [0.29, 0.717) is 22.0 Å². The molecule has 0 bridgehead atoms. The highest BCUT2D eigenvalue weighted by Gasteiger charge is 2.34. The lowest BCUT2D eigenvalue weighted by Gasteiger charge is -2.34. The number of pyridine rings is 1. The van der Waals surface area contributed by atoms with Gasteiger partial charge in [-0.25, -0.2) is 14.5 Å². The van der Waals surface area contributed by atoms with Crippen molar-refractivity contribution in [3.8, 4) is 27.7 Å². The fourth-order valence-corrected chi connectivity index (χ4v) is 5.45. The van der Waals surface area contributed by atoms with Crippen LogP contribution in [-0.4, -0.2) is 68.7 Å². The zero-order valence-corrected chi connectivity index (χ0v) is 19.6. The number of H-pyrrole nitrogens is 1. The number of anilines is 1. The zero-order chi connectivity index (χ0) is 24.0. The van der Waals surface area contributed by atoms with Crippen molar-refractivity contribution in [2.75, 3.05) is 31.6 Å². The number of aromatic nitrogens is 6. The molecule has 5 heterocycles. The molecule has 0 aromatic carbocycles. The van der Waals surface area contributed by atoms with Gasteiger partial charge < -0.3 is 15.0 Å². The Bertz CT molecular complexity index is 1330. The molecule has 2 N–H and O–H groups in total. The molecule has 1 aliphatic rings. The summed E-state index contributed by atoms with van der Waals surface area (Å²) in [4.78, 5) is 11.0. The van der Waals surface area contributed by atoms with Crippen molar-refractivity contribution in [2.24, 2.45) is 0 Å². The summed E-state index contributed by atoms with van der Waals surface area (Å²) >= 11 is 1.38. The minimum absolute atomic E-state index is 0.0303. The van der Waals surface area contributed by atoms with Gasteiger partial charge >= 0.3 is 6.18 Å². The number of alkyl halides is 3. The van der Waals surface area contributed by atoms with Gasteiger partial charge in [-0.3, -0.25) is 5.10 Å². The van der Waals surface area contributed by atoms with Gasteiger partial charge in [-0.05, 0) is 19.9 Å². The van der Waals surface area contributed by atoms with Crippen LogP contribution in [0.1, 0.15) is 18.2 Å². The van der Waals surface area contributed by atoms with Gasteiger partial charge in [0.05, 0.1) is 30.6 Å². The highest BCUT2D eigenvalue weighted by molar-refractivity contribution is 7.19. The number of fused-ring (bicyclic) bond motifs is 1. The molecule has 0 radical (unpaired) electrons. The van der Waals surface area contributed by atoms with Crippen LogP contribution in [0.25, 0.3) is 27.6 Å². The van der Waals surface area contributed by atoms with E-state index in [1.165, 1.54) is 29.3 Å². The van der Waals surface area contributed by atoms with E-state index in [9.17, 15) is 13.2 Å². The zero-order valence-electron chi connectivity index (χ0n) is 18.8. The van der Waals surface area contributed by atoms with E-state index in [2.05, 4.69) is 42.4 Å². The maximum Gasteiger partial charge on any atom is 0.393 e. The maximum absolute atomic E-state index is 13.7. The number of nitrogens with one attached hydrogen (secondary N) is 2. The predicted molar refractivity (Wildman–Crippen MR) is 122 cm³/mol. The Kier molecular flexibility index (Phi) is 5.68. The molecule has 1 aliphatic heterocycles. The molecule has 0 spiro atoms. The molecule has 4 aromatic heterocycles. The topological polar surface area (TPSA) is 96.3 Å². The first-order chi connectivity index (χ1) is 16.2. The van der Waals surface area contributed by atoms with Crippen LogP contribution >= 0.6 is 11.3 Å². The minimum Gasteiger partial charge on any atom is -0.493 e. The van der Waals surface area contributed by atoms with Gasteiger partial charge in [-0.15, -0.1) is 0 Å². The number of methoxy groups -OCH3 is 1. The maximum atomic E-state index is 13.7. The average molecular weight is 493 g/mol. The van der Waals surface area contributed by atoms with Crippen LogP contribution in [-0.2, 0) is 6.42 Å². The minimum atomic E-state index is -4.43. The summed E-state index contributed by atoms with van der Waals surface area (Å²) in [7, 11) is 1.47. The molecule has 0 amide bonds. The summed E-state index contributed by atoms with van der Waals surface area (Å²) in [6, 6.07) is 1.87. The van der Waals surface area contributed by atoms with Crippen LogP contribution in [0.2, 0.25) is 0 Å². The van der Waals surface area contributed by atoms with Crippen LogP contribution in [0, 0.1) is 6.92 Å². The van der Waals surface area contributed by atoms with E-state index >= 15 is 0 Å². The summed E-state index contributed by atoms with van der Waals surface area (Å²) in [5.41, 5.74) is 2.15. The predicted octanol–water partition coefficient (Wildman–Crippen LogP) is 3.46. The number of ether oxygens (including phenoxy) is 1. The van der Waals surface area contributed by atoms with Crippen LogP contribution in [0.3, 0.4) is 0 Å². The number of piperazine rings is 1. The molecule has 5 rings (SSSR count). The Morgan fingerprint density at radius 3 is 2.88 bits per heavy atom. The van der Waals surface area contributed by atoms with Crippen molar-refractivity contribution in [3.05, 3.63) is 29.8 Å². The number of aromatic amines is 1. The largest absolute Gasteiger partial charge is 0.493 e. The van der Waals surface area contributed by atoms with Crippen molar-refractivity contribution < 1.29 is 17.9 Å². The quantitative estimate of drug-likeness (QED) is 0.441. The molecule has 9 nitrogen and oxygen atoms in total. The Morgan fingerprint density at radius 1 is 1.32 bits per heavy atom. The Labute approximate surface area is 197 Å². The first kappa shape index (κ1) is 22.6. The Balaban J connectivity index is 1.62. The van der Waals surface area contributed by atoms with Crippen LogP contribution in [0.15, 0.2) is 18.6 Å². The summed E-state index contributed by atoms with van der Waals surface area (Å²) in [5, 5.41) is 16.0. The SMILES string of the molecule is COc1cc(-c2n[nH]c(-c3nc(C)c(N4CCNC[C@@H]4C)s3)c2CC(F)(F)F)cn2ncnc12. The van der Waals surface area contributed by atoms with E-state index in [0.717, 1.165) is 30.3 Å². The van der Waals surface area contributed by atoms with Gasteiger partial charge in [0, 0.05) is 43.0 Å². The second-order valence-electron chi connectivity index (χ2n) is 8.20. The Hall–Kier alpha value is -3.19. The summed E-state index contributed by atoms with van der Waals surface area (Å²) in [5.74, 6) is 0.387. The van der Waals surface area contributed by atoms with Crippen LogP contribution in [0.5, 0.6) is 5.75 Å². The molecule has 0 unspecified atom stereocenters. The van der Waals surface area contributed by atoms with Crippen molar-refractivity contribution in [2.45, 2.75) is 32.5 Å². The lowest BCUT2D eigenvalue weighted by atomic mass is 10.0. The molecule has 1 atom stereocenters. The van der Waals surface area contributed by atoms with Gasteiger partial charge in [-0.2, -0.15) is 23.4 Å². The molecule has 13 heteroatoms. The number of nitrogens with zero attached hydrogens (tertiary/aromatic N) is 6. The van der Waals surface area contributed by atoms with Gasteiger partial charge in [0.15, 0.2) is 11.4 Å². The third-order valence-corrected chi connectivity index (χ3v) is 7.04. The van der Waals surface area contributed by atoms with Gasteiger partial charge in [-0.1, -0.05) is 11.3 Å². The van der Waals surface area contributed by atoms with Crippen molar-refractivity contribution in [1.29, 1.82) is 0 Å². The molecule has 34 heavy (non-hydrogen) atoms. The highest BCUT2D eigenvalue weighted by atomic mass is 32.1. The summed E-state index contributed by atoms with van der Waals surface area (Å²) in [6.07, 6.45) is -2.64. The van der Waals surface area contributed by atoms with Crippen molar-refractivity contribution >= 4 is 22.0 Å². The smallest absolute Gasteiger partial charge is 0.393 e. The first-order valence-corrected chi connectivity index (χ1v) is 11.5. The lowest BCUT2D eigenvalue weighted by molar-refractivity contribution is -0.127. The average Bonchev–Trinajstić information content (AvgIpc) is 3.50. The van der Waals surface area contributed by atoms with E-state index in [1.807, 2.05) is 6.92 Å². The normalized spacial score (nSPS) is 17.0. The monoisotopic (exact) mass is 492 g/mol. The number of hydrogen-bond donors (Lipinski definition) is 2. The molecule has 0 aliphatic carbocycles. The summed E-state index contributed by atoms with van der Waals surface area (Å²) < 4.78 is 47.8. The van der Waals surface area contributed by atoms with E-state index in [-0.39, 0.29) is 23.0 Å². The Morgan fingerprint density at radius 2 is 2.15 bits per heavy atom. The number of aryl methyl sites for hydroxylation is 1. The van der Waals surface area contributed by atoms with Gasteiger partial charge in [0.25, 0.3) is 0 Å². The first-order valence-electron chi connectivity index (χ1n) is 10.7. The van der Waals surface area contributed by atoms with Gasteiger partial charge in [0.1, 0.15) is 16.3 Å². The number of halogens is 3. The van der Waals surface area contributed by atoms with Crippen molar-refractivity contribution in [1.82, 2.24) is 35.1 Å². The molecular formula is C21H23F3N8OS. The number of thiazole rings is 1. The standard InChI is InChI=1S/C21H23F3N8OS/c1-11-8-25-4-5-31(11)20-12(2)28-19(34-20)17-14(7-21(22,23)24)16(29-30-17)13-6-15(33-3)18-26-10-27-32(18)9-13/h6,9-11,25H,4-5,7-8H2,1-3H3,(H,29,30)/t11-/m0/s1. The van der Waals surface area contributed by atoms with Gasteiger partial charge in [0.2, 0.25) is 0 Å². The molecular weight excluding hydrogens is 469 g/mol. The fraction of sp³-hybridized carbons (Fsp3) is 0.429. The highest BCUT2D eigenvalue weighted by Crippen LogP contribution is 2.41. The van der Waals surface area contributed by atoms with Crippen LogP contribution < -0.4 is 15.0 Å². The number of rotatable bonds is 5. The second kappa shape index (κ2) is 8.55. The molecule has 1 saturated heterocycles. The lowest BCUT2D eigenvalue weighted by Crippen LogP contribution is -2.49. The fourth-order valence-electron chi connectivity index (χ4n) is 4.23. The summed E-state index contributed by atoms with van der Waals surface area (Å²) in [6.45, 7) is 6.49. The third kappa shape index (κ3) is 4.09. The molecule has 0 saturated carbocycles. The molecule has 180 valence electrons. The van der Waals surface area contributed by atoms with Crippen molar-refractivity contribution in [3.63, 3.8) is 0 Å². The van der Waals surface area contributed by atoms with E-state index < -0.39 is 12.6 Å². The second-order valence-corrected chi connectivity index (χ2v) is 9.18. The third-order valence-electron chi connectivity index (χ3n) is 5.83. The molecule has 4 aromatic rings.